The first-order chi connectivity index (χ1) is 14.0. The zero-order valence-corrected chi connectivity index (χ0v) is 17.4. The van der Waals surface area contributed by atoms with Gasteiger partial charge in [0.15, 0.2) is 0 Å². The molecular weight excluding hydrogens is 368 g/mol. The summed E-state index contributed by atoms with van der Waals surface area (Å²) in [5, 5.41) is 2.87. The summed E-state index contributed by atoms with van der Waals surface area (Å²) in [5.41, 5.74) is 2.44. The van der Waals surface area contributed by atoms with Gasteiger partial charge in [0.05, 0.1) is 14.2 Å². The number of aryl methyl sites for hydroxylation is 1. The first-order valence-corrected chi connectivity index (χ1v) is 9.53. The van der Waals surface area contributed by atoms with Crippen molar-refractivity contribution in [3.63, 3.8) is 0 Å². The molecule has 0 heterocycles. The Balaban J connectivity index is 2.10. The lowest BCUT2D eigenvalue weighted by atomic mass is 10.1. The molecule has 0 fully saturated rings. The van der Waals surface area contributed by atoms with Gasteiger partial charge in [-0.05, 0) is 49.2 Å². The molecule has 0 aliphatic heterocycles. The molecule has 0 bridgehead atoms. The fourth-order valence-electron chi connectivity index (χ4n) is 2.85. The quantitative estimate of drug-likeness (QED) is 0.653. The number of nitrogens with zero attached hydrogens (tertiary/aromatic N) is 1. The van der Waals surface area contributed by atoms with Crippen molar-refractivity contribution in [3.8, 4) is 11.5 Å². The number of para-hydroxylation sites is 1. The van der Waals surface area contributed by atoms with E-state index in [2.05, 4.69) is 5.32 Å². The average molecular weight is 396 g/mol. The van der Waals surface area contributed by atoms with E-state index in [4.69, 9.17) is 9.47 Å². The molecule has 0 aliphatic carbocycles. The number of hydrogen-bond donors (Lipinski definition) is 1. The number of benzene rings is 2. The van der Waals surface area contributed by atoms with Crippen molar-refractivity contribution in [3.05, 3.63) is 59.7 Å². The third kappa shape index (κ3) is 6.38. The molecule has 0 unspecified atom stereocenters. The zero-order valence-electron chi connectivity index (χ0n) is 17.4. The Labute approximate surface area is 172 Å². The molecule has 6 nitrogen and oxygen atoms in total. The number of ether oxygens (including phenoxy) is 2. The molecule has 0 aromatic heterocycles. The molecule has 0 atom stereocenters. The Morgan fingerprint density at radius 1 is 1.10 bits per heavy atom. The number of amides is 2. The van der Waals surface area contributed by atoms with E-state index in [1.807, 2.05) is 38.1 Å². The summed E-state index contributed by atoms with van der Waals surface area (Å²) in [6.45, 7) is 4.36. The van der Waals surface area contributed by atoms with E-state index >= 15 is 0 Å². The Bertz CT molecular complexity index is 877. The molecule has 6 heteroatoms. The Morgan fingerprint density at radius 3 is 2.52 bits per heavy atom. The molecule has 2 amide bonds. The van der Waals surface area contributed by atoms with Crippen molar-refractivity contribution in [2.75, 3.05) is 32.6 Å². The van der Waals surface area contributed by atoms with Gasteiger partial charge in [-0.15, -0.1) is 0 Å². The molecule has 0 spiro atoms. The van der Waals surface area contributed by atoms with Crippen LogP contribution in [0.5, 0.6) is 11.5 Å². The molecule has 0 saturated carbocycles. The second-order valence-electron chi connectivity index (χ2n) is 6.56. The molecule has 2 aromatic rings. The van der Waals surface area contributed by atoms with Crippen molar-refractivity contribution in [1.82, 2.24) is 4.90 Å². The highest BCUT2D eigenvalue weighted by Gasteiger charge is 2.15. The Kier molecular flexibility index (Phi) is 8.27. The van der Waals surface area contributed by atoms with E-state index < -0.39 is 0 Å². The second kappa shape index (κ2) is 10.9. The Hall–Kier alpha value is -3.28. The normalized spacial score (nSPS) is 10.6. The van der Waals surface area contributed by atoms with Crippen LogP contribution in [0.2, 0.25) is 0 Å². The van der Waals surface area contributed by atoms with E-state index in [1.165, 1.54) is 11.0 Å². The fourth-order valence-corrected chi connectivity index (χ4v) is 2.85. The van der Waals surface area contributed by atoms with Gasteiger partial charge in [-0.3, -0.25) is 9.59 Å². The van der Waals surface area contributed by atoms with Crippen LogP contribution in [0.1, 0.15) is 24.5 Å². The summed E-state index contributed by atoms with van der Waals surface area (Å²) in [6.07, 6.45) is 3.87. The highest BCUT2D eigenvalue weighted by Crippen LogP contribution is 2.25. The van der Waals surface area contributed by atoms with Crippen LogP contribution in [0.3, 0.4) is 0 Å². The van der Waals surface area contributed by atoms with Gasteiger partial charge in [-0.2, -0.15) is 0 Å². The molecule has 29 heavy (non-hydrogen) atoms. The number of carbonyl (C=O) groups is 2. The van der Waals surface area contributed by atoms with Gasteiger partial charge in [0.25, 0.3) is 0 Å². The third-order valence-corrected chi connectivity index (χ3v) is 4.40. The van der Waals surface area contributed by atoms with E-state index in [1.54, 1.807) is 38.5 Å². The smallest absolute Gasteiger partial charge is 0.247 e. The lowest BCUT2D eigenvalue weighted by Crippen LogP contribution is -2.37. The summed E-state index contributed by atoms with van der Waals surface area (Å²) in [7, 11) is 3.15. The average Bonchev–Trinajstić information content (AvgIpc) is 2.73. The predicted octanol–water partition coefficient (Wildman–Crippen LogP) is 3.90. The van der Waals surface area contributed by atoms with E-state index in [9.17, 15) is 9.59 Å². The summed E-state index contributed by atoms with van der Waals surface area (Å²) in [4.78, 5) is 26.7. The molecule has 1 N–H and O–H groups in total. The molecule has 0 radical (unpaired) electrons. The maximum Gasteiger partial charge on any atom is 0.247 e. The number of anilines is 1. The molecule has 2 rings (SSSR count). The molecular formula is C23H28N2O4. The van der Waals surface area contributed by atoms with Gasteiger partial charge >= 0.3 is 0 Å². The molecule has 0 aliphatic rings. The minimum absolute atomic E-state index is 0.0133. The number of rotatable bonds is 9. The molecule has 154 valence electrons. The molecule has 0 saturated heterocycles. The van der Waals surface area contributed by atoms with Gasteiger partial charge in [0.1, 0.15) is 18.0 Å². The molecule has 2 aromatic carbocycles. The zero-order chi connectivity index (χ0) is 21.2. The van der Waals surface area contributed by atoms with Crippen molar-refractivity contribution in [1.29, 1.82) is 0 Å². The van der Waals surface area contributed by atoms with E-state index in [0.717, 1.165) is 23.2 Å². The monoisotopic (exact) mass is 396 g/mol. The summed E-state index contributed by atoms with van der Waals surface area (Å²) >= 11 is 0. The van der Waals surface area contributed by atoms with Crippen LogP contribution < -0.4 is 14.8 Å². The largest absolute Gasteiger partial charge is 0.497 e. The number of methoxy groups -OCH3 is 2. The maximum atomic E-state index is 12.7. The number of hydrogen-bond acceptors (Lipinski definition) is 4. The van der Waals surface area contributed by atoms with Crippen molar-refractivity contribution in [2.24, 2.45) is 0 Å². The topological polar surface area (TPSA) is 67.9 Å². The van der Waals surface area contributed by atoms with Crippen molar-refractivity contribution in [2.45, 2.75) is 20.3 Å². The second-order valence-corrected chi connectivity index (χ2v) is 6.56. The first kappa shape index (κ1) is 22.0. The number of carbonyl (C=O) groups excluding carboxylic acids is 2. The van der Waals surface area contributed by atoms with Crippen molar-refractivity contribution >= 4 is 23.6 Å². The first-order valence-electron chi connectivity index (χ1n) is 9.53. The lowest BCUT2D eigenvalue weighted by molar-refractivity contribution is -0.130. The number of nitrogens with one attached hydrogen (secondary N) is 1. The van der Waals surface area contributed by atoms with E-state index in [-0.39, 0.29) is 18.4 Å². The minimum atomic E-state index is -0.239. The fraction of sp³-hybridized carbons (Fsp3) is 0.304. The van der Waals surface area contributed by atoms with Gasteiger partial charge in [0.2, 0.25) is 11.8 Å². The van der Waals surface area contributed by atoms with Crippen LogP contribution in [0.4, 0.5) is 5.69 Å². The van der Waals surface area contributed by atoms with Crippen LogP contribution >= 0.6 is 0 Å². The van der Waals surface area contributed by atoms with Crippen LogP contribution in [0.15, 0.2) is 48.5 Å². The van der Waals surface area contributed by atoms with Crippen LogP contribution in [-0.4, -0.2) is 44.0 Å². The van der Waals surface area contributed by atoms with E-state index in [0.29, 0.717) is 18.0 Å². The third-order valence-electron chi connectivity index (χ3n) is 4.40. The Morgan fingerprint density at radius 2 is 1.86 bits per heavy atom. The lowest BCUT2D eigenvalue weighted by Gasteiger charge is -2.20. The standard InChI is InChI=1S/C23H28N2O4/c1-5-14-25(16-22(26)24-20-9-7-6-8-17(20)2)23(27)13-10-18-15-19(28-3)11-12-21(18)29-4/h6-13,15H,5,14,16H2,1-4H3,(H,24,26)/b13-10+. The van der Waals surface area contributed by atoms with Crippen LogP contribution in [0, 0.1) is 6.92 Å². The van der Waals surface area contributed by atoms with Crippen LogP contribution in [-0.2, 0) is 9.59 Å². The van der Waals surface area contributed by atoms with Gasteiger partial charge in [-0.25, -0.2) is 0 Å². The maximum absolute atomic E-state index is 12.7. The summed E-state index contributed by atoms with van der Waals surface area (Å²) in [5.74, 6) is 0.834. The summed E-state index contributed by atoms with van der Waals surface area (Å²) in [6, 6.07) is 12.9. The van der Waals surface area contributed by atoms with Gasteiger partial charge < -0.3 is 19.7 Å². The van der Waals surface area contributed by atoms with Gasteiger partial charge in [-0.1, -0.05) is 25.1 Å². The van der Waals surface area contributed by atoms with Gasteiger partial charge in [0, 0.05) is 23.9 Å². The van der Waals surface area contributed by atoms with Crippen molar-refractivity contribution < 1.29 is 19.1 Å². The van der Waals surface area contributed by atoms with Crippen LogP contribution in [0.25, 0.3) is 6.08 Å². The summed E-state index contributed by atoms with van der Waals surface area (Å²) < 4.78 is 10.6. The highest BCUT2D eigenvalue weighted by atomic mass is 16.5. The predicted molar refractivity (Wildman–Crippen MR) is 115 cm³/mol. The minimum Gasteiger partial charge on any atom is -0.497 e. The highest BCUT2D eigenvalue weighted by molar-refractivity contribution is 5.98. The SMILES string of the molecule is CCCN(CC(=O)Nc1ccccc1C)C(=O)/C=C/c1cc(OC)ccc1OC.